The third-order valence-corrected chi connectivity index (χ3v) is 3.25. The van der Waals surface area contributed by atoms with E-state index in [0.29, 0.717) is 0 Å². The summed E-state index contributed by atoms with van der Waals surface area (Å²) >= 11 is 1.36. The molecule has 2 aromatic rings. The Morgan fingerprint density at radius 2 is 1.65 bits per heavy atom. The molecule has 0 N–H and O–H groups in total. The van der Waals surface area contributed by atoms with Gasteiger partial charge in [0.25, 0.3) is 0 Å². The lowest BCUT2D eigenvalue weighted by molar-refractivity contribution is -0.692. The molecule has 0 aliphatic heterocycles. The zero-order valence-corrected chi connectivity index (χ0v) is 10.3. The van der Waals surface area contributed by atoms with E-state index in [1.807, 2.05) is 60.9 Å². The van der Waals surface area contributed by atoms with E-state index in [-0.39, 0.29) is 5.12 Å². The largest absolute Gasteiger partial charge is 0.282 e. The minimum atomic E-state index is 0.141. The quantitative estimate of drug-likeness (QED) is 0.771. The highest BCUT2D eigenvalue weighted by Crippen LogP contribution is 2.11. The molecule has 2 rings (SSSR count). The third-order valence-electron chi connectivity index (χ3n) is 2.37. The van der Waals surface area contributed by atoms with Crippen LogP contribution in [0.5, 0.6) is 0 Å². The Morgan fingerprint density at radius 3 is 2.35 bits per heavy atom. The Bertz CT molecular complexity index is 470. The number of aryl methyl sites for hydroxylation is 1. The van der Waals surface area contributed by atoms with Crippen molar-refractivity contribution in [1.82, 2.24) is 0 Å². The summed E-state index contributed by atoms with van der Waals surface area (Å²) < 4.78 is 2.07. The van der Waals surface area contributed by atoms with Crippen molar-refractivity contribution in [2.45, 2.75) is 6.54 Å². The van der Waals surface area contributed by atoms with E-state index in [1.165, 1.54) is 11.8 Å². The van der Waals surface area contributed by atoms with Crippen LogP contribution in [-0.2, 0) is 6.54 Å². The normalized spacial score (nSPS) is 10.1. The first kappa shape index (κ1) is 11.9. The molecule has 3 heteroatoms. The summed E-state index contributed by atoms with van der Waals surface area (Å²) in [6, 6.07) is 15.4. The van der Waals surface area contributed by atoms with Crippen LogP contribution in [0, 0.1) is 0 Å². The molecule has 17 heavy (non-hydrogen) atoms. The summed E-state index contributed by atoms with van der Waals surface area (Å²) in [4.78, 5) is 11.8. The molecule has 0 unspecified atom stereocenters. The highest BCUT2D eigenvalue weighted by Gasteiger charge is 2.07. The summed E-state index contributed by atoms with van der Waals surface area (Å²) in [6.45, 7) is 0.851. The van der Waals surface area contributed by atoms with E-state index in [4.69, 9.17) is 0 Å². The second-order valence-electron chi connectivity index (χ2n) is 3.62. The number of nitrogens with zero attached hydrogens (tertiary/aromatic N) is 1. The highest BCUT2D eigenvalue weighted by atomic mass is 32.2. The van der Waals surface area contributed by atoms with E-state index in [2.05, 4.69) is 4.57 Å². The van der Waals surface area contributed by atoms with Crippen molar-refractivity contribution in [3.05, 3.63) is 66.5 Å². The molecule has 0 aliphatic carbocycles. The Labute approximate surface area is 105 Å². The van der Waals surface area contributed by atoms with Gasteiger partial charge in [0.05, 0.1) is 5.75 Å². The molecule has 1 aromatic heterocycles. The minimum Gasteiger partial charge on any atom is -0.282 e. The van der Waals surface area contributed by atoms with Crippen molar-refractivity contribution >= 4 is 16.9 Å². The van der Waals surface area contributed by atoms with Crippen molar-refractivity contribution < 1.29 is 9.36 Å². The van der Waals surface area contributed by atoms with Crippen LogP contribution >= 0.6 is 11.8 Å². The second-order valence-corrected chi connectivity index (χ2v) is 4.68. The zero-order chi connectivity index (χ0) is 11.9. The first-order valence-electron chi connectivity index (χ1n) is 5.52. The molecule has 1 heterocycles. The lowest BCUT2D eigenvalue weighted by atomic mass is 10.2. The molecule has 0 bridgehead atoms. The van der Waals surface area contributed by atoms with E-state index in [1.54, 1.807) is 0 Å². The average Bonchev–Trinajstić information content (AvgIpc) is 2.41. The third kappa shape index (κ3) is 3.71. The van der Waals surface area contributed by atoms with Crippen molar-refractivity contribution in [3.63, 3.8) is 0 Å². The van der Waals surface area contributed by atoms with Gasteiger partial charge in [-0.15, -0.1) is 0 Å². The molecular weight excluding hydrogens is 230 g/mol. The van der Waals surface area contributed by atoms with Gasteiger partial charge in [-0.1, -0.05) is 48.2 Å². The van der Waals surface area contributed by atoms with Gasteiger partial charge in [0, 0.05) is 17.7 Å². The van der Waals surface area contributed by atoms with Crippen LogP contribution in [0.15, 0.2) is 60.9 Å². The molecule has 0 amide bonds. The molecule has 0 fully saturated rings. The van der Waals surface area contributed by atoms with Gasteiger partial charge in [0.2, 0.25) is 5.12 Å². The van der Waals surface area contributed by atoms with Crippen LogP contribution in [0.4, 0.5) is 0 Å². The number of aromatic nitrogens is 1. The minimum absolute atomic E-state index is 0.141. The topological polar surface area (TPSA) is 20.9 Å². The summed E-state index contributed by atoms with van der Waals surface area (Å²) in [5, 5.41) is 0.141. The fourth-order valence-electron chi connectivity index (χ4n) is 1.48. The van der Waals surface area contributed by atoms with Gasteiger partial charge in [-0.25, -0.2) is 4.57 Å². The molecule has 86 valence electrons. The molecule has 0 saturated carbocycles. The van der Waals surface area contributed by atoms with E-state index in [0.717, 1.165) is 17.9 Å². The number of thioether (sulfide) groups is 1. The monoisotopic (exact) mass is 244 g/mol. The predicted octanol–water partition coefficient (Wildman–Crippen LogP) is 2.55. The number of pyridine rings is 1. The Balaban J connectivity index is 1.82. The smallest absolute Gasteiger partial charge is 0.219 e. The summed E-state index contributed by atoms with van der Waals surface area (Å²) in [5.41, 5.74) is 0.774. The van der Waals surface area contributed by atoms with Gasteiger partial charge in [0.1, 0.15) is 0 Å². The van der Waals surface area contributed by atoms with Gasteiger partial charge in [-0.3, -0.25) is 4.79 Å². The van der Waals surface area contributed by atoms with Crippen LogP contribution in [0.25, 0.3) is 0 Å². The Kier molecular flexibility index (Phi) is 4.33. The molecule has 0 atom stereocenters. The number of carbonyl (C=O) groups is 1. The lowest BCUT2D eigenvalue weighted by Crippen LogP contribution is -2.33. The van der Waals surface area contributed by atoms with E-state index < -0.39 is 0 Å². The Hall–Kier alpha value is -1.61. The molecule has 0 radical (unpaired) electrons. The highest BCUT2D eigenvalue weighted by molar-refractivity contribution is 8.14. The van der Waals surface area contributed by atoms with Crippen LogP contribution in [0.1, 0.15) is 10.4 Å². The fourth-order valence-corrected chi connectivity index (χ4v) is 2.27. The maximum atomic E-state index is 11.8. The molecular formula is C14H14NOS+. The molecule has 2 nitrogen and oxygen atoms in total. The van der Waals surface area contributed by atoms with E-state index >= 15 is 0 Å². The lowest BCUT2D eigenvalue weighted by Gasteiger charge is -1.98. The van der Waals surface area contributed by atoms with Crippen LogP contribution in [0.2, 0.25) is 0 Å². The van der Waals surface area contributed by atoms with Crippen molar-refractivity contribution in [2.24, 2.45) is 0 Å². The van der Waals surface area contributed by atoms with Crippen LogP contribution < -0.4 is 4.57 Å². The van der Waals surface area contributed by atoms with Crippen LogP contribution in [0.3, 0.4) is 0 Å². The number of rotatable bonds is 4. The number of benzene rings is 1. The van der Waals surface area contributed by atoms with Gasteiger partial charge >= 0.3 is 0 Å². The summed E-state index contributed by atoms with van der Waals surface area (Å²) in [6.07, 6.45) is 4.01. The number of hydrogen-bond donors (Lipinski definition) is 0. The first-order chi connectivity index (χ1) is 8.36. The first-order valence-corrected chi connectivity index (χ1v) is 6.51. The van der Waals surface area contributed by atoms with Gasteiger partial charge < -0.3 is 0 Å². The van der Waals surface area contributed by atoms with Crippen LogP contribution in [-0.4, -0.2) is 10.9 Å². The molecule has 0 saturated heterocycles. The molecule has 1 aromatic carbocycles. The van der Waals surface area contributed by atoms with Crippen molar-refractivity contribution in [2.75, 3.05) is 5.75 Å². The number of hydrogen-bond acceptors (Lipinski definition) is 2. The SMILES string of the molecule is O=C(SCC[n+]1ccccc1)c1ccccc1. The summed E-state index contributed by atoms with van der Waals surface area (Å²) in [7, 11) is 0. The molecule has 0 aliphatic rings. The van der Waals surface area contributed by atoms with Crippen molar-refractivity contribution in [3.8, 4) is 0 Å². The summed E-state index contributed by atoms with van der Waals surface area (Å²) in [5.74, 6) is 0.794. The second kappa shape index (κ2) is 6.21. The van der Waals surface area contributed by atoms with Crippen molar-refractivity contribution in [1.29, 1.82) is 0 Å². The van der Waals surface area contributed by atoms with Gasteiger partial charge in [-0.2, -0.15) is 0 Å². The standard InChI is InChI=1S/C14H14NOS/c16-14(13-7-3-1-4-8-13)17-12-11-15-9-5-2-6-10-15/h1-10H,11-12H2/q+1. The van der Waals surface area contributed by atoms with Gasteiger partial charge in [-0.05, 0) is 0 Å². The van der Waals surface area contributed by atoms with E-state index in [9.17, 15) is 4.79 Å². The fraction of sp³-hybridized carbons (Fsp3) is 0.143. The predicted molar refractivity (Wildman–Crippen MR) is 69.9 cm³/mol. The zero-order valence-electron chi connectivity index (χ0n) is 9.45. The van der Waals surface area contributed by atoms with Gasteiger partial charge in [0.15, 0.2) is 18.9 Å². The maximum Gasteiger partial charge on any atom is 0.219 e. The Morgan fingerprint density at radius 1 is 1.00 bits per heavy atom. The molecule has 0 spiro atoms. The number of carbonyl (C=O) groups excluding carboxylic acids is 1. The average molecular weight is 244 g/mol. The maximum absolute atomic E-state index is 11.8.